The number of thioether (sulfide) groups is 1. The fraction of sp³-hybridized carbons (Fsp3) is 0.125. The van der Waals surface area contributed by atoms with Crippen LogP contribution in [0.1, 0.15) is 0 Å². The molecule has 2 nitrogen and oxygen atoms in total. The Bertz CT molecular complexity index is 420. The van der Waals surface area contributed by atoms with Crippen molar-refractivity contribution in [2.75, 3.05) is 6.26 Å². The van der Waals surface area contributed by atoms with Crippen molar-refractivity contribution >= 4 is 22.6 Å². The molecule has 0 saturated carbocycles. The Morgan fingerprint density at radius 3 is 2.33 bits per heavy atom. The molecule has 0 bridgehead atoms. The van der Waals surface area contributed by atoms with Crippen molar-refractivity contribution in [2.24, 2.45) is 10.7 Å². The van der Waals surface area contributed by atoms with Crippen LogP contribution in [-0.4, -0.2) is 11.4 Å². The zero-order valence-corrected chi connectivity index (χ0v) is 8.34. The van der Waals surface area contributed by atoms with Crippen molar-refractivity contribution < 1.29 is 17.6 Å². The molecule has 0 saturated heterocycles. The van der Waals surface area contributed by atoms with Gasteiger partial charge in [-0.15, -0.1) is 0 Å². The van der Waals surface area contributed by atoms with Gasteiger partial charge in [0.05, 0.1) is 0 Å². The first-order chi connectivity index (χ1) is 6.97. The molecule has 0 aliphatic rings. The molecule has 1 aromatic rings. The lowest BCUT2D eigenvalue weighted by Gasteiger charge is -2.02. The predicted molar refractivity (Wildman–Crippen MR) is 51.1 cm³/mol. The Balaban J connectivity index is 3.36. The van der Waals surface area contributed by atoms with E-state index in [-0.39, 0.29) is 11.2 Å². The van der Waals surface area contributed by atoms with E-state index in [4.69, 9.17) is 5.73 Å². The van der Waals surface area contributed by atoms with Crippen LogP contribution in [0.25, 0.3) is 0 Å². The molecule has 0 fully saturated rings. The average molecular weight is 238 g/mol. The van der Waals surface area contributed by atoms with E-state index in [0.29, 0.717) is 0 Å². The van der Waals surface area contributed by atoms with Crippen molar-refractivity contribution in [1.82, 2.24) is 0 Å². The summed E-state index contributed by atoms with van der Waals surface area (Å²) in [4.78, 5) is 3.28. The molecule has 0 unspecified atom stereocenters. The maximum absolute atomic E-state index is 13.0. The molecule has 0 aliphatic carbocycles. The number of rotatable bonds is 1. The SMILES string of the molecule is CSC(N)=Nc1c(F)cc(F)c(F)c1F. The highest BCUT2D eigenvalue weighted by atomic mass is 32.2. The van der Waals surface area contributed by atoms with Gasteiger partial charge >= 0.3 is 0 Å². The van der Waals surface area contributed by atoms with Crippen LogP contribution < -0.4 is 5.73 Å². The van der Waals surface area contributed by atoms with Crippen molar-refractivity contribution in [3.63, 3.8) is 0 Å². The van der Waals surface area contributed by atoms with Crippen LogP contribution in [0.3, 0.4) is 0 Å². The van der Waals surface area contributed by atoms with Crippen LogP contribution in [0.5, 0.6) is 0 Å². The second kappa shape index (κ2) is 4.52. The van der Waals surface area contributed by atoms with Crippen LogP contribution >= 0.6 is 11.8 Å². The number of amidine groups is 1. The molecule has 7 heteroatoms. The highest BCUT2D eigenvalue weighted by Crippen LogP contribution is 2.26. The Labute approximate surface area is 87.2 Å². The summed E-state index contributed by atoms with van der Waals surface area (Å²) < 4.78 is 51.2. The lowest BCUT2D eigenvalue weighted by molar-refractivity contribution is 0.437. The number of hydrogen-bond acceptors (Lipinski definition) is 2. The second-order valence-electron chi connectivity index (χ2n) is 2.47. The summed E-state index contributed by atoms with van der Waals surface area (Å²) in [5.41, 5.74) is 4.26. The lowest BCUT2D eigenvalue weighted by atomic mass is 10.2. The summed E-state index contributed by atoms with van der Waals surface area (Å²) in [5, 5.41) is -0.154. The molecule has 1 rings (SSSR count). The van der Waals surface area contributed by atoms with Gasteiger partial charge in [0.25, 0.3) is 0 Å². The Morgan fingerprint density at radius 2 is 1.80 bits per heavy atom. The van der Waals surface area contributed by atoms with Gasteiger partial charge in [-0.1, -0.05) is 11.8 Å². The van der Waals surface area contributed by atoms with Gasteiger partial charge in [0, 0.05) is 6.07 Å². The van der Waals surface area contributed by atoms with Crippen LogP contribution in [0.15, 0.2) is 11.1 Å². The maximum Gasteiger partial charge on any atom is 0.196 e. The van der Waals surface area contributed by atoms with E-state index in [1.54, 1.807) is 0 Å². The highest BCUT2D eigenvalue weighted by molar-refractivity contribution is 8.13. The summed E-state index contributed by atoms with van der Waals surface area (Å²) in [5.74, 6) is -6.37. The van der Waals surface area contributed by atoms with Crippen molar-refractivity contribution in [1.29, 1.82) is 0 Å². The zero-order chi connectivity index (χ0) is 11.6. The lowest BCUT2D eigenvalue weighted by Crippen LogP contribution is -2.05. The first-order valence-corrected chi connectivity index (χ1v) is 4.91. The third-order valence-corrected chi connectivity index (χ3v) is 2.03. The molecule has 15 heavy (non-hydrogen) atoms. The first kappa shape index (κ1) is 11.8. The largest absolute Gasteiger partial charge is 0.378 e. The van der Waals surface area contributed by atoms with Crippen LogP contribution in [0.4, 0.5) is 23.2 Å². The molecule has 0 aromatic heterocycles. The van der Waals surface area contributed by atoms with Gasteiger partial charge in [-0.2, -0.15) is 0 Å². The fourth-order valence-corrected chi connectivity index (χ4v) is 0.998. The monoisotopic (exact) mass is 238 g/mol. The van der Waals surface area contributed by atoms with Crippen molar-refractivity contribution in [3.05, 3.63) is 29.3 Å². The number of nitrogens with two attached hydrogens (primary N) is 1. The van der Waals surface area contributed by atoms with Gasteiger partial charge in [-0.05, 0) is 6.26 Å². The number of halogens is 4. The molecule has 0 spiro atoms. The average Bonchev–Trinajstić information content (AvgIpc) is 2.21. The second-order valence-corrected chi connectivity index (χ2v) is 3.30. The van der Waals surface area contributed by atoms with E-state index >= 15 is 0 Å². The van der Waals surface area contributed by atoms with Gasteiger partial charge in [0.1, 0.15) is 5.69 Å². The van der Waals surface area contributed by atoms with Gasteiger partial charge in [-0.3, -0.25) is 0 Å². The van der Waals surface area contributed by atoms with E-state index < -0.39 is 29.0 Å². The maximum atomic E-state index is 13.0. The van der Waals surface area contributed by atoms with Crippen LogP contribution in [0, 0.1) is 23.3 Å². The molecule has 0 heterocycles. The Hall–Kier alpha value is -1.24. The van der Waals surface area contributed by atoms with Crippen molar-refractivity contribution in [2.45, 2.75) is 0 Å². The fourth-order valence-electron chi connectivity index (χ4n) is 0.815. The molecule has 0 radical (unpaired) electrons. The molecule has 2 N–H and O–H groups in total. The van der Waals surface area contributed by atoms with E-state index in [1.165, 1.54) is 6.26 Å². The standard InChI is InChI=1S/C8H6F4N2S/c1-15-8(13)14-7-4(10)2-3(9)5(11)6(7)12/h2H,1H3,(H2,13,14). The summed E-state index contributed by atoms with van der Waals surface area (Å²) >= 11 is 0.925. The summed E-state index contributed by atoms with van der Waals surface area (Å²) in [7, 11) is 0. The highest BCUT2D eigenvalue weighted by Gasteiger charge is 2.18. The topological polar surface area (TPSA) is 38.4 Å². The Kier molecular flexibility index (Phi) is 3.57. The number of benzene rings is 1. The molecular formula is C8H6F4N2S. The minimum Gasteiger partial charge on any atom is -0.378 e. The van der Waals surface area contributed by atoms with Gasteiger partial charge < -0.3 is 5.73 Å². The number of hydrogen-bond donors (Lipinski definition) is 1. The molecule has 82 valence electrons. The van der Waals surface area contributed by atoms with Gasteiger partial charge in [0.2, 0.25) is 0 Å². The smallest absolute Gasteiger partial charge is 0.196 e. The molecular weight excluding hydrogens is 232 g/mol. The van der Waals surface area contributed by atoms with E-state index in [2.05, 4.69) is 4.99 Å². The normalized spacial score (nSPS) is 11.9. The van der Waals surface area contributed by atoms with Crippen LogP contribution in [-0.2, 0) is 0 Å². The van der Waals surface area contributed by atoms with E-state index in [9.17, 15) is 17.6 Å². The number of aliphatic imine (C=N–C) groups is 1. The number of nitrogens with zero attached hydrogens (tertiary/aromatic N) is 1. The van der Waals surface area contributed by atoms with Crippen LogP contribution in [0.2, 0.25) is 0 Å². The molecule has 0 atom stereocenters. The van der Waals surface area contributed by atoms with Crippen molar-refractivity contribution in [3.8, 4) is 0 Å². The zero-order valence-electron chi connectivity index (χ0n) is 7.52. The third-order valence-electron chi connectivity index (χ3n) is 1.52. The van der Waals surface area contributed by atoms with E-state index in [1.807, 2.05) is 0 Å². The third kappa shape index (κ3) is 2.41. The predicted octanol–water partition coefficient (Wildman–Crippen LogP) is 2.55. The van der Waals surface area contributed by atoms with E-state index in [0.717, 1.165) is 11.8 Å². The summed E-state index contributed by atoms with van der Waals surface area (Å²) in [6.45, 7) is 0. The first-order valence-electron chi connectivity index (χ1n) is 3.68. The van der Waals surface area contributed by atoms with Gasteiger partial charge in [-0.25, -0.2) is 22.6 Å². The molecule has 1 aromatic carbocycles. The summed E-state index contributed by atoms with van der Waals surface area (Å²) in [6, 6.07) is 0.213. The quantitative estimate of drug-likeness (QED) is 0.268. The summed E-state index contributed by atoms with van der Waals surface area (Å²) in [6.07, 6.45) is 1.52. The van der Waals surface area contributed by atoms with Gasteiger partial charge in [0.15, 0.2) is 28.4 Å². The molecule has 0 amide bonds. The Morgan fingerprint density at radius 1 is 1.20 bits per heavy atom. The minimum atomic E-state index is -1.77. The minimum absolute atomic E-state index is 0.154. The molecule has 0 aliphatic heterocycles.